The molecule has 0 saturated carbocycles. The Balaban J connectivity index is 1.83. The van der Waals surface area contributed by atoms with Crippen LogP contribution in [0.5, 0.6) is 5.88 Å². The Morgan fingerprint density at radius 1 is 1.21 bits per heavy atom. The number of hydrogen-bond donors (Lipinski definition) is 2. The van der Waals surface area contributed by atoms with E-state index < -0.39 is 5.56 Å². The van der Waals surface area contributed by atoms with Crippen LogP contribution in [-0.4, -0.2) is 20.4 Å². The Hall–Kier alpha value is -2.64. The molecule has 1 atom stereocenters. The van der Waals surface area contributed by atoms with Crippen molar-refractivity contribution in [2.45, 2.75) is 62.6 Å². The van der Waals surface area contributed by atoms with Crippen LogP contribution in [-0.2, 0) is 6.54 Å². The summed E-state index contributed by atoms with van der Waals surface area (Å²) in [5.41, 5.74) is 3.65. The smallest absolute Gasteiger partial charge is 0.264 e. The highest BCUT2D eigenvalue weighted by Crippen LogP contribution is 2.45. The van der Waals surface area contributed by atoms with Crippen molar-refractivity contribution in [3.63, 3.8) is 0 Å². The quantitative estimate of drug-likeness (QED) is 0.378. The second kappa shape index (κ2) is 10.1. The van der Waals surface area contributed by atoms with Crippen molar-refractivity contribution in [3.8, 4) is 5.88 Å². The molecule has 2 N–H and O–H groups in total. The monoisotopic (exact) mass is 479 g/mol. The van der Waals surface area contributed by atoms with Gasteiger partial charge in [-0.05, 0) is 47.8 Å². The van der Waals surface area contributed by atoms with Crippen LogP contribution < -0.4 is 5.56 Å². The van der Waals surface area contributed by atoms with Crippen LogP contribution >= 0.6 is 24.0 Å². The van der Waals surface area contributed by atoms with Gasteiger partial charge in [-0.3, -0.25) is 19.3 Å². The first-order valence-corrected chi connectivity index (χ1v) is 12.7. The number of thioether (sulfide) groups is 1. The fourth-order valence-corrected chi connectivity index (χ4v) is 5.50. The average molecular weight is 480 g/mol. The number of aromatic amines is 1. The number of unbranched alkanes of at least 4 members (excludes halogenated alkanes) is 1. The number of rotatable bonds is 6. The summed E-state index contributed by atoms with van der Waals surface area (Å²) in [7, 11) is 0. The molecule has 33 heavy (non-hydrogen) atoms. The molecule has 2 aromatic carbocycles. The van der Waals surface area contributed by atoms with Crippen LogP contribution in [0.2, 0.25) is 0 Å². The fourth-order valence-electron chi connectivity index (χ4n) is 3.99. The van der Waals surface area contributed by atoms with E-state index in [2.05, 4.69) is 56.1 Å². The highest BCUT2D eigenvalue weighted by molar-refractivity contribution is 7.99. The summed E-state index contributed by atoms with van der Waals surface area (Å²) in [6, 6.07) is 16.6. The number of nitrogens with zero attached hydrogens (tertiary/aromatic N) is 2. The number of para-hydroxylation sites is 1. The fraction of sp³-hybridized carbons (Fsp3) is 0.346. The van der Waals surface area contributed by atoms with Crippen molar-refractivity contribution in [2.75, 3.05) is 0 Å². The maximum atomic E-state index is 13.0. The Morgan fingerprint density at radius 2 is 1.94 bits per heavy atom. The lowest BCUT2D eigenvalue weighted by molar-refractivity contribution is 0.398. The molecular formula is C26H29N3O2S2. The lowest BCUT2D eigenvalue weighted by Gasteiger charge is -2.18. The first kappa shape index (κ1) is 23.5. The third-order valence-electron chi connectivity index (χ3n) is 5.94. The summed E-state index contributed by atoms with van der Waals surface area (Å²) in [4.78, 5) is 21.7. The summed E-state index contributed by atoms with van der Waals surface area (Å²) in [5, 5.41) is 11.2. The molecule has 5 nitrogen and oxygen atoms in total. The van der Waals surface area contributed by atoms with Gasteiger partial charge in [-0.15, -0.1) is 11.8 Å². The minimum Gasteiger partial charge on any atom is -0.494 e. The molecule has 0 aliphatic carbocycles. The predicted octanol–water partition coefficient (Wildman–Crippen LogP) is 6.89. The number of H-pyrrole nitrogens is 1. The number of aliphatic imine (C=N–C) groups is 1. The van der Waals surface area contributed by atoms with Gasteiger partial charge in [0.15, 0.2) is 4.77 Å². The maximum Gasteiger partial charge on any atom is 0.264 e. The van der Waals surface area contributed by atoms with Crippen molar-refractivity contribution >= 4 is 35.4 Å². The van der Waals surface area contributed by atoms with Crippen LogP contribution in [0.1, 0.15) is 67.9 Å². The van der Waals surface area contributed by atoms with Gasteiger partial charge in [-0.25, -0.2) is 0 Å². The van der Waals surface area contributed by atoms with Crippen molar-refractivity contribution in [1.82, 2.24) is 9.55 Å². The molecular weight excluding hydrogens is 450 g/mol. The highest BCUT2D eigenvalue weighted by atomic mass is 32.2. The molecule has 2 heterocycles. The van der Waals surface area contributed by atoms with E-state index in [0.29, 0.717) is 24.6 Å². The maximum absolute atomic E-state index is 13.0. The molecule has 4 rings (SSSR count). The minimum absolute atomic E-state index is 0.0553. The molecule has 0 amide bonds. The van der Waals surface area contributed by atoms with Crippen LogP contribution in [0.25, 0.3) is 0 Å². The summed E-state index contributed by atoms with van der Waals surface area (Å²) in [5.74, 6) is 0.360. The van der Waals surface area contributed by atoms with Crippen LogP contribution in [0.4, 0.5) is 5.69 Å². The number of aromatic hydroxyl groups is 1. The number of hydrogen-bond acceptors (Lipinski definition) is 5. The lowest BCUT2D eigenvalue weighted by Crippen LogP contribution is -2.24. The number of fused-ring (bicyclic) bond motifs is 1. The van der Waals surface area contributed by atoms with E-state index in [1.165, 1.54) is 11.1 Å². The van der Waals surface area contributed by atoms with Gasteiger partial charge in [0, 0.05) is 23.1 Å². The topological polar surface area (TPSA) is 70.4 Å². The molecule has 0 radical (unpaired) electrons. The zero-order chi connectivity index (χ0) is 23.5. The Morgan fingerprint density at radius 3 is 2.64 bits per heavy atom. The molecule has 7 heteroatoms. The third kappa shape index (κ3) is 4.99. The van der Waals surface area contributed by atoms with Crippen LogP contribution in [0, 0.1) is 4.77 Å². The van der Waals surface area contributed by atoms with E-state index in [1.54, 1.807) is 16.3 Å². The van der Waals surface area contributed by atoms with Crippen LogP contribution in [0.3, 0.4) is 0 Å². The Bertz CT molecular complexity index is 1290. The molecule has 0 bridgehead atoms. The number of aromatic nitrogens is 2. The Labute approximate surface area is 203 Å². The van der Waals surface area contributed by atoms with E-state index in [4.69, 9.17) is 17.2 Å². The largest absolute Gasteiger partial charge is 0.494 e. The first-order chi connectivity index (χ1) is 15.9. The van der Waals surface area contributed by atoms with Crippen LogP contribution in [0.15, 0.2) is 63.2 Å². The first-order valence-electron chi connectivity index (χ1n) is 11.4. The molecule has 3 aromatic rings. The number of nitrogens with one attached hydrogen (secondary N) is 1. The van der Waals surface area contributed by atoms with E-state index in [-0.39, 0.29) is 21.5 Å². The van der Waals surface area contributed by atoms with Gasteiger partial charge in [0.25, 0.3) is 5.56 Å². The van der Waals surface area contributed by atoms with Gasteiger partial charge in [0.1, 0.15) is 5.56 Å². The van der Waals surface area contributed by atoms with Crippen molar-refractivity contribution in [2.24, 2.45) is 4.99 Å². The highest BCUT2D eigenvalue weighted by Gasteiger charge is 2.27. The summed E-state index contributed by atoms with van der Waals surface area (Å²) < 4.78 is 1.84. The van der Waals surface area contributed by atoms with Gasteiger partial charge in [0.2, 0.25) is 5.88 Å². The van der Waals surface area contributed by atoms with Gasteiger partial charge >= 0.3 is 0 Å². The van der Waals surface area contributed by atoms with Gasteiger partial charge in [0.05, 0.1) is 11.4 Å². The average Bonchev–Trinajstić information content (AvgIpc) is 2.98. The standard InChI is InChI=1S/C26H29N3O2S2/c1-4-5-14-29-25(31)23(24(30)28-26(29)32)20-15-22(18-12-10-17(11-13-18)16(2)3)33-21-9-7-6-8-19(21)27-20/h6-13,16,22,31H,4-5,14-15H2,1-3H3,(H,28,30,32)/t22-/m0/s1. The second-order valence-corrected chi connectivity index (χ2v) is 10.3. The molecule has 1 aliphatic heterocycles. The molecule has 1 aromatic heterocycles. The SMILES string of the molecule is CCCCn1c(O)c(C2=Nc3ccccc3S[C@H](c3ccc(C(C)C)cc3)C2)c(=O)[nH]c1=S. The van der Waals surface area contributed by atoms with E-state index >= 15 is 0 Å². The summed E-state index contributed by atoms with van der Waals surface area (Å²) in [6.07, 6.45) is 2.32. The second-order valence-electron chi connectivity index (χ2n) is 8.62. The molecule has 172 valence electrons. The van der Waals surface area contributed by atoms with E-state index in [0.717, 1.165) is 23.4 Å². The zero-order valence-electron chi connectivity index (χ0n) is 19.2. The van der Waals surface area contributed by atoms with Crippen molar-refractivity contribution in [1.29, 1.82) is 0 Å². The predicted molar refractivity (Wildman–Crippen MR) is 139 cm³/mol. The molecule has 0 spiro atoms. The molecule has 1 aliphatic rings. The normalized spacial score (nSPS) is 15.8. The molecule has 0 fully saturated rings. The van der Waals surface area contributed by atoms with Crippen molar-refractivity contribution < 1.29 is 5.11 Å². The summed E-state index contributed by atoms with van der Waals surface area (Å²) >= 11 is 7.07. The van der Waals surface area contributed by atoms with Gasteiger partial charge in [-0.2, -0.15) is 0 Å². The summed E-state index contributed by atoms with van der Waals surface area (Å²) in [6.45, 7) is 6.99. The lowest BCUT2D eigenvalue weighted by atomic mass is 9.98. The van der Waals surface area contributed by atoms with Crippen molar-refractivity contribution in [3.05, 3.63) is 80.3 Å². The minimum atomic E-state index is -0.401. The third-order valence-corrected chi connectivity index (χ3v) is 7.58. The number of benzene rings is 2. The Kier molecular flexibility index (Phi) is 7.20. The molecule has 0 unspecified atom stereocenters. The van der Waals surface area contributed by atoms with E-state index in [9.17, 15) is 9.90 Å². The van der Waals surface area contributed by atoms with Gasteiger partial charge in [-0.1, -0.05) is 63.6 Å². The molecule has 0 saturated heterocycles. The van der Waals surface area contributed by atoms with Gasteiger partial charge < -0.3 is 5.11 Å². The zero-order valence-corrected chi connectivity index (χ0v) is 20.8. The van der Waals surface area contributed by atoms with E-state index in [1.807, 2.05) is 18.2 Å².